The van der Waals surface area contributed by atoms with Crippen LogP contribution in [0.2, 0.25) is 5.31 Å². The highest BCUT2D eigenvalue weighted by atomic mass is 16.4. The third-order valence-corrected chi connectivity index (χ3v) is 3.42. The summed E-state index contributed by atoms with van der Waals surface area (Å²) in [6, 6.07) is 0. The van der Waals surface area contributed by atoms with Crippen LogP contribution in [0.1, 0.15) is 39.0 Å². The Morgan fingerprint density at radius 2 is 1.89 bits per heavy atom. The summed E-state index contributed by atoms with van der Waals surface area (Å²) in [6.07, 6.45) is 4.54. The van der Waals surface area contributed by atoms with Crippen LogP contribution in [-0.4, -0.2) is 57.6 Å². The van der Waals surface area contributed by atoms with Gasteiger partial charge in [-0.3, -0.25) is 4.79 Å². The van der Waals surface area contributed by atoms with Crippen molar-refractivity contribution in [2.45, 2.75) is 44.3 Å². The minimum Gasteiger partial charge on any atom is -0.481 e. The largest absolute Gasteiger partial charge is 0.481 e. The number of likely N-dealkylation sites (N-methyl/N-ethyl adjacent to an activating group) is 1. The monoisotopic (exact) mass is 256 g/mol. The standard InChI is InChI=1S/C13H29BN2O2/c1-4-5-7-13(14,12(17)18)8-6-9-15-10-11-16(2)3/h15H,4-11,14H2,1-3H3,(H,17,18). The molecule has 0 saturated heterocycles. The van der Waals surface area contributed by atoms with E-state index in [0.29, 0.717) is 0 Å². The fourth-order valence-corrected chi connectivity index (χ4v) is 1.94. The molecule has 4 nitrogen and oxygen atoms in total. The van der Waals surface area contributed by atoms with Crippen molar-refractivity contribution in [1.29, 1.82) is 0 Å². The predicted molar refractivity (Wildman–Crippen MR) is 79.1 cm³/mol. The molecule has 0 aliphatic rings. The third-order valence-electron chi connectivity index (χ3n) is 3.42. The molecule has 0 bridgehead atoms. The number of rotatable bonds is 11. The molecule has 0 aromatic heterocycles. The number of carboxylic acid groups (broad SMARTS) is 1. The van der Waals surface area contributed by atoms with Gasteiger partial charge in [0.2, 0.25) is 0 Å². The quantitative estimate of drug-likeness (QED) is 0.427. The summed E-state index contributed by atoms with van der Waals surface area (Å²) in [4.78, 5) is 13.4. The van der Waals surface area contributed by atoms with Gasteiger partial charge in [0.1, 0.15) is 7.85 Å². The summed E-state index contributed by atoms with van der Waals surface area (Å²) in [6.45, 7) is 4.99. The molecule has 0 rings (SSSR count). The SMILES string of the molecule is BC(CCCC)(CCCNCCN(C)C)C(=O)O. The summed E-state index contributed by atoms with van der Waals surface area (Å²) in [5, 5.41) is 12.1. The zero-order valence-corrected chi connectivity index (χ0v) is 12.5. The summed E-state index contributed by atoms with van der Waals surface area (Å²) in [7, 11) is 5.98. The molecule has 1 unspecified atom stereocenters. The fraction of sp³-hybridized carbons (Fsp3) is 0.923. The highest BCUT2D eigenvalue weighted by Crippen LogP contribution is 2.34. The number of hydrogen-bond acceptors (Lipinski definition) is 3. The van der Waals surface area contributed by atoms with E-state index in [0.717, 1.165) is 51.7 Å². The minimum atomic E-state index is -0.649. The van der Waals surface area contributed by atoms with Gasteiger partial charge in [-0.15, -0.1) is 0 Å². The van der Waals surface area contributed by atoms with Crippen molar-refractivity contribution in [3.8, 4) is 0 Å². The Bertz CT molecular complexity index is 237. The molecule has 2 N–H and O–H groups in total. The van der Waals surface area contributed by atoms with Crippen LogP contribution < -0.4 is 5.32 Å². The van der Waals surface area contributed by atoms with Gasteiger partial charge in [0.05, 0.1) is 0 Å². The van der Waals surface area contributed by atoms with Gasteiger partial charge in [-0.25, -0.2) is 0 Å². The number of nitrogens with zero attached hydrogens (tertiary/aromatic N) is 1. The maximum atomic E-state index is 11.3. The van der Waals surface area contributed by atoms with Crippen LogP contribution in [-0.2, 0) is 4.79 Å². The van der Waals surface area contributed by atoms with Crippen LogP contribution in [0, 0.1) is 0 Å². The Morgan fingerprint density at radius 1 is 1.28 bits per heavy atom. The van der Waals surface area contributed by atoms with Crippen LogP contribution in [0.5, 0.6) is 0 Å². The van der Waals surface area contributed by atoms with E-state index in [1.165, 1.54) is 0 Å². The number of carboxylic acids is 1. The van der Waals surface area contributed by atoms with Crippen molar-refractivity contribution in [1.82, 2.24) is 10.2 Å². The molecule has 0 saturated carbocycles. The molecule has 0 fully saturated rings. The first-order chi connectivity index (χ1) is 8.42. The van der Waals surface area contributed by atoms with Gasteiger partial charge in [0, 0.05) is 18.4 Å². The minimum absolute atomic E-state index is 0.542. The molecule has 5 heteroatoms. The van der Waals surface area contributed by atoms with Crippen molar-refractivity contribution >= 4 is 13.8 Å². The molecule has 0 heterocycles. The van der Waals surface area contributed by atoms with Crippen LogP contribution in [0.25, 0.3) is 0 Å². The molecule has 106 valence electrons. The molecule has 0 radical (unpaired) electrons. The smallest absolute Gasteiger partial charge is 0.301 e. The molecule has 1 atom stereocenters. The molecule has 0 spiro atoms. The first kappa shape index (κ1) is 17.5. The first-order valence-corrected chi connectivity index (χ1v) is 7.01. The molecule has 0 amide bonds. The van der Waals surface area contributed by atoms with E-state index in [-0.39, 0.29) is 0 Å². The van der Waals surface area contributed by atoms with Crippen molar-refractivity contribution in [2.75, 3.05) is 33.7 Å². The Hall–Kier alpha value is -0.545. The Balaban J connectivity index is 3.80. The summed E-state index contributed by atoms with van der Waals surface area (Å²) in [5.74, 6) is -0.649. The van der Waals surface area contributed by atoms with Crippen molar-refractivity contribution < 1.29 is 9.90 Å². The number of hydrogen-bond donors (Lipinski definition) is 2. The van der Waals surface area contributed by atoms with Crippen molar-refractivity contribution in [3.63, 3.8) is 0 Å². The number of nitrogens with one attached hydrogen (secondary N) is 1. The van der Waals surface area contributed by atoms with E-state index >= 15 is 0 Å². The number of unbranched alkanes of at least 4 members (excludes halogenated alkanes) is 1. The lowest BCUT2D eigenvalue weighted by Gasteiger charge is -2.24. The summed E-state index contributed by atoms with van der Waals surface area (Å²) >= 11 is 0. The van der Waals surface area contributed by atoms with Gasteiger partial charge < -0.3 is 15.3 Å². The molecule has 0 aliphatic heterocycles. The van der Waals surface area contributed by atoms with E-state index < -0.39 is 11.3 Å². The normalized spacial score (nSPS) is 14.7. The van der Waals surface area contributed by atoms with Crippen LogP contribution in [0.4, 0.5) is 0 Å². The lowest BCUT2D eigenvalue weighted by atomic mass is 9.63. The summed E-state index contributed by atoms with van der Waals surface area (Å²) < 4.78 is 0. The molecule has 18 heavy (non-hydrogen) atoms. The van der Waals surface area contributed by atoms with Gasteiger partial charge in [0.25, 0.3) is 0 Å². The van der Waals surface area contributed by atoms with Gasteiger partial charge in [0.15, 0.2) is 0 Å². The van der Waals surface area contributed by atoms with E-state index in [1.54, 1.807) is 0 Å². The van der Waals surface area contributed by atoms with Crippen molar-refractivity contribution in [3.05, 3.63) is 0 Å². The second-order valence-corrected chi connectivity index (χ2v) is 5.63. The van der Waals surface area contributed by atoms with Gasteiger partial charge in [-0.05, 0) is 39.9 Å². The molecular weight excluding hydrogens is 227 g/mol. The zero-order chi connectivity index (χ0) is 14.0. The van der Waals surface area contributed by atoms with E-state index in [4.69, 9.17) is 0 Å². The van der Waals surface area contributed by atoms with Gasteiger partial charge >= 0.3 is 5.97 Å². The van der Waals surface area contributed by atoms with E-state index in [9.17, 15) is 9.90 Å². The van der Waals surface area contributed by atoms with Gasteiger partial charge in [-0.1, -0.05) is 19.8 Å². The maximum Gasteiger partial charge on any atom is 0.301 e. The average Bonchev–Trinajstić information content (AvgIpc) is 2.30. The maximum absolute atomic E-state index is 11.3. The number of aliphatic carboxylic acids is 1. The van der Waals surface area contributed by atoms with Crippen LogP contribution in [0.15, 0.2) is 0 Å². The van der Waals surface area contributed by atoms with Crippen LogP contribution in [0.3, 0.4) is 0 Å². The zero-order valence-electron chi connectivity index (χ0n) is 12.5. The molecular formula is C13H29BN2O2. The average molecular weight is 256 g/mol. The summed E-state index contributed by atoms with van der Waals surface area (Å²) in [5.41, 5.74) is 0. The lowest BCUT2D eigenvalue weighted by molar-refractivity contribution is -0.141. The Kier molecular flexibility index (Phi) is 9.11. The van der Waals surface area contributed by atoms with E-state index in [1.807, 2.05) is 21.9 Å². The Labute approximate surface area is 113 Å². The highest BCUT2D eigenvalue weighted by molar-refractivity contribution is 6.26. The Morgan fingerprint density at radius 3 is 2.39 bits per heavy atom. The topological polar surface area (TPSA) is 52.6 Å². The second kappa shape index (κ2) is 9.39. The highest BCUT2D eigenvalue weighted by Gasteiger charge is 2.31. The third kappa shape index (κ3) is 7.72. The fourth-order valence-electron chi connectivity index (χ4n) is 1.94. The first-order valence-electron chi connectivity index (χ1n) is 7.01. The van der Waals surface area contributed by atoms with Crippen molar-refractivity contribution in [2.24, 2.45) is 0 Å². The molecule has 0 aliphatic carbocycles. The predicted octanol–water partition coefficient (Wildman–Crippen LogP) is 0.984. The van der Waals surface area contributed by atoms with Gasteiger partial charge in [-0.2, -0.15) is 0 Å². The van der Waals surface area contributed by atoms with E-state index in [2.05, 4.69) is 17.1 Å². The van der Waals surface area contributed by atoms with Crippen LogP contribution >= 0.6 is 0 Å². The molecule has 0 aromatic rings. The lowest BCUT2D eigenvalue weighted by Crippen LogP contribution is -2.29. The number of carbonyl (C=O) groups is 1. The molecule has 0 aromatic carbocycles. The second-order valence-electron chi connectivity index (χ2n) is 5.63.